The fourth-order valence-electron chi connectivity index (χ4n) is 3.72. The lowest BCUT2D eigenvalue weighted by atomic mass is 10.0. The maximum absolute atomic E-state index is 14.4. The number of rotatable bonds is 11. The first kappa shape index (κ1) is 30.0. The average Bonchev–Trinajstić information content (AvgIpc) is 3.22. The van der Waals surface area contributed by atoms with E-state index in [1.807, 2.05) is 74.0 Å². The Balaban J connectivity index is 0.00000247. The lowest BCUT2D eigenvalue weighted by Crippen LogP contribution is -2.20. The van der Waals surface area contributed by atoms with Crippen LogP contribution in [0.5, 0.6) is 0 Å². The number of fused-ring (bicyclic) bond motifs is 1. The van der Waals surface area contributed by atoms with Crippen LogP contribution in [-0.2, 0) is 11.3 Å². The number of carbonyl (C=O) groups is 1. The van der Waals surface area contributed by atoms with Crippen LogP contribution in [0.15, 0.2) is 108 Å². The minimum absolute atomic E-state index is 0.0332. The van der Waals surface area contributed by atoms with Crippen molar-refractivity contribution in [3.63, 3.8) is 0 Å². The number of allylic oxidation sites excluding steroid dienone is 4. The van der Waals surface area contributed by atoms with Crippen LogP contribution in [0.4, 0.5) is 4.39 Å². The summed E-state index contributed by atoms with van der Waals surface area (Å²) in [6.45, 7) is 11.1. The van der Waals surface area contributed by atoms with Gasteiger partial charge in [-0.25, -0.2) is 4.39 Å². The standard InChI is InChI=1S/C29H31FN4O2.C2H6/c1-3-4-7-12-23(2)31-18-16-24(17-20-35)21-33-19-11-6-5-8-14-27-25(22-33)29(36)34(32-27)28-15-10-9-13-26(28)30;1-2/h3-15,19-20,22,24,31H,2,16-18,21H2,1H3;1-2H3/b4-3-,6-5?,12-7-,14-8?,19-11?,25-22?;. The number of nitrogens with zero attached hydrogens (tertiary/aromatic N) is 3. The van der Waals surface area contributed by atoms with Gasteiger partial charge in [0, 0.05) is 37.6 Å². The number of benzene rings is 1. The average molecular weight is 517 g/mol. The summed E-state index contributed by atoms with van der Waals surface area (Å²) in [6.07, 6.45) is 13.2. The number of aldehydes is 1. The molecule has 0 bridgehead atoms. The van der Waals surface area contributed by atoms with E-state index in [-0.39, 0.29) is 11.6 Å². The van der Waals surface area contributed by atoms with E-state index >= 15 is 0 Å². The van der Waals surface area contributed by atoms with Crippen LogP contribution in [-0.4, -0.2) is 27.2 Å². The zero-order valence-corrected chi connectivity index (χ0v) is 22.4. The Morgan fingerprint density at radius 1 is 1.11 bits per heavy atom. The summed E-state index contributed by atoms with van der Waals surface area (Å²) < 4.78 is 17.4. The highest BCUT2D eigenvalue weighted by molar-refractivity contribution is 5.58. The molecule has 1 unspecified atom stereocenters. The number of hydrogen-bond donors (Lipinski definition) is 1. The molecule has 0 saturated heterocycles. The molecule has 2 aliphatic rings. The topological polar surface area (TPSA) is 68.9 Å². The monoisotopic (exact) mass is 516 g/mol. The van der Waals surface area contributed by atoms with Crippen molar-refractivity contribution in [2.75, 3.05) is 6.54 Å². The van der Waals surface area contributed by atoms with Gasteiger partial charge in [-0.05, 0) is 49.6 Å². The van der Waals surface area contributed by atoms with Crippen molar-refractivity contribution in [3.8, 4) is 16.9 Å². The predicted octanol–water partition coefficient (Wildman–Crippen LogP) is 6.26. The van der Waals surface area contributed by atoms with Gasteiger partial charge in [-0.1, -0.05) is 69.0 Å². The smallest absolute Gasteiger partial charge is 0.282 e. The van der Waals surface area contributed by atoms with Gasteiger partial charge in [-0.2, -0.15) is 9.78 Å². The molecule has 0 amide bonds. The predicted molar refractivity (Wildman–Crippen MR) is 153 cm³/mol. The van der Waals surface area contributed by atoms with E-state index in [0.29, 0.717) is 30.8 Å². The lowest BCUT2D eigenvalue weighted by molar-refractivity contribution is -0.108. The molecule has 6 nitrogen and oxygen atoms in total. The van der Waals surface area contributed by atoms with Gasteiger partial charge in [0.25, 0.3) is 5.56 Å². The van der Waals surface area contributed by atoms with Gasteiger partial charge in [0.15, 0.2) is 0 Å². The third-order valence-corrected chi connectivity index (χ3v) is 5.55. The van der Waals surface area contributed by atoms with Gasteiger partial charge in [0.1, 0.15) is 17.8 Å². The van der Waals surface area contributed by atoms with Crippen molar-refractivity contribution in [2.45, 2.75) is 40.2 Å². The molecule has 2 aliphatic heterocycles. The van der Waals surface area contributed by atoms with Crippen molar-refractivity contribution >= 4 is 6.29 Å². The number of para-hydroxylation sites is 1. The van der Waals surface area contributed by atoms with E-state index in [1.54, 1.807) is 30.5 Å². The van der Waals surface area contributed by atoms with Gasteiger partial charge in [-0.15, -0.1) is 0 Å². The summed E-state index contributed by atoms with van der Waals surface area (Å²) in [5.41, 5.74) is 1.26. The number of halogens is 1. The van der Waals surface area contributed by atoms with Gasteiger partial charge in [-0.3, -0.25) is 4.79 Å². The number of aromatic nitrogens is 3. The molecule has 0 saturated carbocycles. The molecular weight excluding hydrogens is 479 g/mol. The van der Waals surface area contributed by atoms with Crippen molar-refractivity contribution < 1.29 is 9.18 Å². The van der Waals surface area contributed by atoms with Crippen LogP contribution in [0.2, 0.25) is 0 Å². The molecule has 0 fully saturated rings. The highest BCUT2D eigenvalue weighted by Crippen LogP contribution is 2.18. The molecule has 2 heterocycles. The molecule has 3 rings (SSSR count). The normalized spacial score (nSPS) is 11.6. The zero-order valence-electron chi connectivity index (χ0n) is 22.4. The molecule has 1 aromatic rings. The summed E-state index contributed by atoms with van der Waals surface area (Å²) in [5, 5.41) is 7.64. The van der Waals surface area contributed by atoms with Crippen molar-refractivity contribution in [1.82, 2.24) is 19.7 Å². The minimum Gasteiger partial charge on any atom is -0.386 e. The first-order valence-corrected chi connectivity index (χ1v) is 12.9. The Morgan fingerprint density at radius 2 is 1.84 bits per heavy atom. The Hall–Kier alpha value is -4.26. The van der Waals surface area contributed by atoms with Crippen molar-refractivity contribution in [3.05, 3.63) is 120 Å². The Morgan fingerprint density at radius 3 is 2.58 bits per heavy atom. The van der Waals surface area contributed by atoms with E-state index in [0.717, 1.165) is 23.1 Å². The number of hydrogen-bond acceptors (Lipinski definition) is 4. The van der Waals surface area contributed by atoms with E-state index in [4.69, 9.17) is 0 Å². The lowest BCUT2D eigenvalue weighted by Gasteiger charge is -2.17. The maximum Gasteiger partial charge on any atom is 0.282 e. The molecule has 0 aliphatic carbocycles. The van der Waals surface area contributed by atoms with Gasteiger partial charge >= 0.3 is 0 Å². The second kappa shape index (κ2) is 16.5. The molecule has 1 atom stereocenters. The van der Waals surface area contributed by atoms with Crippen molar-refractivity contribution in [1.29, 1.82) is 0 Å². The summed E-state index contributed by atoms with van der Waals surface area (Å²) in [5.74, 6) is -0.494. The maximum atomic E-state index is 14.4. The Bertz CT molecular complexity index is 1320. The Kier molecular flexibility index (Phi) is 13.0. The Labute approximate surface area is 224 Å². The SMILES string of the molecule is C=C(/C=C\C=C/C)NCCC(CC=O)Cn1ccccccc2nn(-c3ccccc3F)c(=O)c-2c1.CC. The first-order valence-electron chi connectivity index (χ1n) is 12.9. The third kappa shape index (κ3) is 9.00. The van der Waals surface area contributed by atoms with Gasteiger partial charge < -0.3 is 14.7 Å². The van der Waals surface area contributed by atoms with Gasteiger partial charge in [0.05, 0.1) is 11.3 Å². The zero-order chi connectivity index (χ0) is 27.8. The molecule has 1 N–H and O–H groups in total. The first-order chi connectivity index (χ1) is 18.5. The van der Waals surface area contributed by atoms with Crippen LogP contribution in [0, 0.1) is 11.7 Å². The minimum atomic E-state index is -0.527. The quantitative estimate of drug-likeness (QED) is 0.241. The third-order valence-electron chi connectivity index (χ3n) is 5.55. The van der Waals surface area contributed by atoms with E-state index in [2.05, 4.69) is 17.0 Å². The highest BCUT2D eigenvalue weighted by Gasteiger charge is 2.17. The molecule has 1 aromatic carbocycles. The molecule has 38 heavy (non-hydrogen) atoms. The second-order valence-electron chi connectivity index (χ2n) is 8.27. The van der Waals surface area contributed by atoms with Crippen LogP contribution in [0.3, 0.4) is 0 Å². The largest absolute Gasteiger partial charge is 0.386 e. The number of nitrogens with one attached hydrogen (secondary N) is 1. The summed E-state index contributed by atoms with van der Waals surface area (Å²) in [6, 6.07) is 15.1. The fourth-order valence-corrected chi connectivity index (χ4v) is 3.72. The van der Waals surface area contributed by atoms with Crippen LogP contribution in [0.25, 0.3) is 16.9 Å². The van der Waals surface area contributed by atoms with Crippen LogP contribution >= 0.6 is 0 Å². The van der Waals surface area contributed by atoms with Gasteiger partial charge in [0.2, 0.25) is 0 Å². The van der Waals surface area contributed by atoms with Crippen LogP contribution < -0.4 is 10.9 Å². The molecule has 0 aromatic heterocycles. The molecule has 0 spiro atoms. The summed E-state index contributed by atoms with van der Waals surface area (Å²) in [4.78, 5) is 24.6. The van der Waals surface area contributed by atoms with Crippen LogP contribution in [0.1, 0.15) is 33.6 Å². The highest BCUT2D eigenvalue weighted by atomic mass is 19.1. The molecule has 7 heteroatoms. The molecular formula is C31H37FN4O2. The van der Waals surface area contributed by atoms with E-state index in [9.17, 15) is 14.0 Å². The summed E-state index contributed by atoms with van der Waals surface area (Å²) >= 11 is 0. The van der Waals surface area contributed by atoms with E-state index in [1.165, 1.54) is 12.1 Å². The molecule has 0 radical (unpaired) electrons. The van der Waals surface area contributed by atoms with E-state index < -0.39 is 11.4 Å². The number of carbonyl (C=O) groups excluding carboxylic acids is 1. The summed E-state index contributed by atoms with van der Waals surface area (Å²) in [7, 11) is 0. The molecule has 200 valence electrons. The van der Waals surface area contributed by atoms with Crippen molar-refractivity contribution in [2.24, 2.45) is 5.92 Å². The second-order valence-corrected chi connectivity index (χ2v) is 8.27. The fraction of sp³-hybridized carbons (Fsp3) is 0.258.